The van der Waals surface area contributed by atoms with Gasteiger partial charge in [0.15, 0.2) is 0 Å². The fourth-order valence-electron chi connectivity index (χ4n) is 3.17. The van der Waals surface area contributed by atoms with Crippen molar-refractivity contribution in [3.8, 4) is 0 Å². The van der Waals surface area contributed by atoms with Crippen molar-refractivity contribution in [1.82, 2.24) is 10.2 Å². The fourth-order valence-corrected chi connectivity index (χ4v) is 3.17. The van der Waals surface area contributed by atoms with Gasteiger partial charge in [0.1, 0.15) is 12.2 Å². The molecule has 2 aromatic rings. The molecule has 5 nitrogen and oxygen atoms in total. The second-order valence-corrected chi connectivity index (χ2v) is 6.61. The topological polar surface area (TPSA) is 52.7 Å². The van der Waals surface area contributed by atoms with Crippen LogP contribution in [0.2, 0.25) is 0 Å². The SMILES string of the molecule is O=C(CC(=O)N1CCN(c2ccc(F)cc2)CC1)NCCc1ccccc1. The van der Waals surface area contributed by atoms with Gasteiger partial charge in [0, 0.05) is 38.4 Å². The molecule has 27 heavy (non-hydrogen) atoms. The van der Waals surface area contributed by atoms with Gasteiger partial charge in [-0.25, -0.2) is 4.39 Å². The highest BCUT2D eigenvalue weighted by atomic mass is 19.1. The number of hydrogen-bond acceptors (Lipinski definition) is 3. The number of nitrogens with zero attached hydrogens (tertiary/aromatic N) is 2. The largest absolute Gasteiger partial charge is 0.368 e. The third kappa shape index (κ3) is 5.54. The number of anilines is 1. The summed E-state index contributed by atoms with van der Waals surface area (Å²) in [6, 6.07) is 16.3. The third-order valence-electron chi connectivity index (χ3n) is 4.71. The van der Waals surface area contributed by atoms with Crippen LogP contribution in [0.4, 0.5) is 10.1 Å². The number of rotatable bonds is 6. The van der Waals surface area contributed by atoms with Crippen LogP contribution in [0, 0.1) is 5.82 Å². The monoisotopic (exact) mass is 369 g/mol. The quantitative estimate of drug-likeness (QED) is 0.795. The lowest BCUT2D eigenvalue weighted by Gasteiger charge is -2.36. The lowest BCUT2D eigenvalue weighted by atomic mass is 10.1. The Hall–Kier alpha value is -2.89. The molecular formula is C21H24FN3O2. The van der Waals surface area contributed by atoms with Crippen LogP contribution < -0.4 is 10.2 Å². The van der Waals surface area contributed by atoms with Crippen molar-refractivity contribution in [2.24, 2.45) is 0 Å². The molecule has 0 aliphatic carbocycles. The standard InChI is InChI=1S/C21H24FN3O2/c22-18-6-8-19(9-7-18)24-12-14-25(15-13-24)21(27)16-20(26)23-11-10-17-4-2-1-3-5-17/h1-9H,10-16H2,(H,23,26). The van der Waals surface area contributed by atoms with E-state index >= 15 is 0 Å². The Morgan fingerprint density at radius 3 is 2.26 bits per heavy atom. The summed E-state index contributed by atoms with van der Waals surface area (Å²) in [5.41, 5.74) is 2.10. The van der Waals surface area contributed by atoms with Gasteiger partial charge in [-0.15, -0.1) is 0 Å². The summed E-state index contributed by atoms with van der Waals surface area (Å²) in [5.74, 6) is -0.645. The van der Waals surface area contributed by atoms with Gasteiger partial charge in [-0.2, -0.15) is 0 Å². The highest BCUT2D eigenvalue weighted by Gasteiger charge is 2.22. The molecule has 1 heterocycles. The first-order chi connectivity index (χ1) is 13.1. The van der Waals surface area contributed by atoms with Gasteiger partial charge >= 0.3 is 0 Å². The first-order valence-corrected chi connectivity index (χ1v) is 9.21. The van der Waals surface area contributed by atoms with Crippen molar-refractivity contribution < 1.29 is 14.0 Å². The molecule has 3 rings (SSSR count). The first-order valence-electron chi connectivity index (χ1n) is 9.21. The van der Waals surface area contributed by atoms with Gasteiger partial charge in [-0.05, 0) is 36.2 Å². The number of amides is 2. The van der Waals surface area contributed by atoms with E-state index in [-0.39, 0.29) is 24.1 Å². The smallest absolute Gasteiger partial charge is 0.232 e. The molecule has 2 amide bonds. The fraction of sp³-hybridized carbons (Fsp3) is 0.333. The van der Waals surface area contributed by atoms with Crippen LogP contribution in [0.3, 0.4) is 0 Å². The minimum absolute atomic E-state index is 0.120. The summed E-state index contributed by atoms with van der Waals surface area (Å²) in [4.78, 5) is 28.2. The molecule has 1 aliphatic heterocycles. The molecule has 1 aliphatic rings. The zero-order valence-corrected chi connectivity index (χ0v) is 15.2. The maximum Gasteiger partial charge on any atom is 0.232 e. The van der Waals surface area contributed by atoms with Crippen molar-refractivity contribution in [2.75, 3.05) is 37.6 Å². The Bertz CT molecular complexity index is 757. The first kappa shape index (κ1) is 18.9. The zero-order chi connectivity index (χ0) is 19.1. The van der Waals surface area contributed by atoms with Crippen LogP contribution in [0.1, 0.15) is 12.0 Å². The van der Waals surface area contributed by atoms with E-state index < -0.39 is 0 Å². The summed E-state index contributed by atoms with van der Waals surface area (Å²) in [6.07, 6.45) is 0.627. The average Bonchev–Trinajstić information content (AvgIpc) is 2.69. The van der Waals surface area contributed by atoms with E-state index in [0.29, 0.717) is 32.7 Å². The Kier molecular flexibility index (Phi) is 6.41. The van der Waals surface area contributed by atoms with E-state index in [2.05, 4.69) is 10.2 Å². The number of nitrogens with one attached hydrogen (secondary N) is 1. The molecule has 1 fully saturated rings. The van der Waals surface area contributed by atoms with Crippen LogP contribution in [0.5, 0.6) is 0 Å². The number of benzene rings is 2. The molecule has 142 valence electrons. The van der Waals surface area contributed by atoms with E-state index in [0.717, 1.165) is 17.7 Å². The van der Waals surface area contributed by atoms with Crippen LogP contribution >= 0.6 is 0 Å². The Labute approximate surface area is 158 Å². The summed E-state index contributed by atoms with van der Waals surface area (Å²) >= 11 is 0. The van der Waals surface area contributed by atoms with Gasteiger partial charge in [-0.3, -0.25) is 9.59 Å². The number of carbonyl (C=O) groups is 2. The summed E-state index contributed by atoms with van der Waals surface area (Å²) in [5, 5.41) is 2.81. The molecule has 1 N–H and O–H groups in total. The molecule has 1 saturated heterocycles. The molecular weight excluding hydrogens is 345 g/mol. The summed E-state index contributed by atoms with van der Waals surface area (Å²) in [6.45, 7) is 3.00. The van der Waals surface area contributed by atoms with Crippen molar-refractivity contribution in [3.63, 3.8) is 0 Å². The number of piperazine rings is 1. The predicted molar refractivity (Wildman–Crippen MR) is 103 cm³/mol. The molecule has 0 atom stereocenters. The van der Waals surface area contributed by atoms with Crippen LogP contribution in [-0.4, -0.2) is 49.4 Å². The van der Waals surface area contributed by atoms with Crippen LogP contribution in [-0.2, 0) is 16.0 Å². The van der Waals surface area contributed by atoms with E-state index in [1.807, 2.05) is 30.3 Å². The third-order valence-corrected chi connectivity index (χ3v) is 4.71. The van der Waals surface area contributed by atoms with E-state index in [1.165, 1.54) is 12.1 Å². The van der Waals surface area contributed by atoms with E-state index in [1.54, 1.807) is 17.0 Å². The van der Waals surface area contributed by atoms with Gasteiger partial charge in [0.05, 0.1) is 0 Å². The number of halogens is 1. The average molecular weight is 369 g/mol. The molecule has 0 aromatic heterocycles. The normalized spacial score (nSPS) is 14.1. The molecule has 6 heteroatoms. The molecule has 2 aromatic carbocycles. The summed E-state index contributed by atoms with van der Waals surface area (Å²) in [7, 11) is 0. The van der Waals surface area contributed by atoms with Crippen molar-refractivity contribution in [2.45, 2.75) is 12.8 Å². The van der Waals surface area contributed by atoms with Gasteiger partial charge in [0.2, 0.25) is 11.8 Å². The lowest BCUT2D eigenvalue weighted by Crippen LogP contribution is -2.49. The second-order valence-electron chi connectivity index (χ2n) is 6.61. The minimum atomic E-state index is -0.258. The lowest BCUT2D eigenvalue weighted by molar-refractivity contribution is -0.136. The van der Waals surface area contributed by atoms with Crippen molar-refractivity contribution in [3.05, 3.63) is 66.0 Å². The van der Waals surface area contributed by atoms with Crippen molar-refractivity contribution >= 4 is 17.5 Å². The van der Waals surface area contributed by atoms with Crippen molar-refractivity contribution in [1.29, 1.82) is 0 Å². The van der Waals surface area contributed by atoms with Gasteiger partial charge in [0.25, 0.3) is 0 Å². The van der Waals surface area contributed by atoms with E-state index in [4.69, 9.17) is 0 Å². The molecule has 0 unspecified atom stereocenters. The number of carbonyl (C=O) groups excluding carboxylic acids is 2. The minimum Gasteiger partial charge on any atom is -0.368 e. The number of hydrogen-bond donors (Lipinski definition) is 1. The molecule has 0 radical (unpaired) electrons. The second kappa shape index (κ2) is 9.16. The Morgan fingerprint density at radius 2 is 1.59 bits per heavy atom. The Balaban J connectivity index is 1.38. The maximum atomic E-state index is 13.0. The maximum absolute atomic E-state index is 13.0. The highest BCUT2D eigenvalue weighted by molar-refractivity contribution is 5.97. The molecule has 0 bridgehead atoms. The van der Waals surface area contributed by atoms with Gasteiger partial charge in [-0.1, -0.05) is 30.3 Å². The summed E-state index contributed by atoms with van der Waals surface area (Å²) < 4.78 is 13.0. The van der Waals surface area contributed by atoms with Gasteiger partial charge < -0.3 is 15.1 Å². The highest BCUT2D eigenvalue weighted by Crippen LogP contribution is 2.17. The molecule has 0 spiro atoms. The Morgan fingerprint density at radius 1 is 0.926 bits per heavy atom. The molecule has 0 saturated carbocycles. The van der Waals surface area contributed by atoms with E-state index in [9.17, 15) is 14.0 Å². The predicted octanol–water partition coefficient (Wildman–Crippen LogP) is 2.22. The van der Waals surface area contributed by atoms with Crippen LogP contribution in [0.25, 0.3) is 0 Å². The zero-order valence-electron chi connectivity index (χ0n) is 15.2. The van der Waals surface area contributed by atoms with Crippen LogP contribution in [0.15, 0.2) is 54.6 Å².